The molecule has 0 N–H and O–H groups in total. The zero-order valence-corrected chi connectivity index (χ0v) is 19.0. The van der Waals surface area contributed by atoms with Crippen LogP contribution in [0.5, 0.6) is 0 Å². The van der Waals surface area contributed by atoms with Gasteiger partial charge in [0, 0.05) is 11.8 Å². The number of benzene rings is 4. The lowest BCUT2D eigenvalue weighted by atomic mass is 9.77. The van der Waals surface area contributed by atoms with E-state index >= 15 is 0 Å². The fourth-order valence-electron chi connectivity index (χ4n) is 4.82. The van der Waals surface area contributed by atoms with Gasteiger partial charge in [-0.2, -0.15) is 0 Å². The molecular weight excluding hydrogens is 384 g/mol. The summed E-state index contributed by atoms with van der Waals surface area (Å²) in [5.41, 5.74) is 10.2. The second-order valence-corrected chi connectivity index (χ2v) is 8.28. The minimum absolute atomic E-state index is 0.217. The molecule has 0 spiro atoms. The van der Waals surface area contributed by atoms with Crippen LogP contribution in [0.25, 0.3) is 23.3 Å². The molecule has 0 heteroatoms. The molecule has 4 aromatic carbocycles. The number of rotatable bonds is 7. The Bertz CT molecular complexity index is 1230. The molecule has 0 radical (unpaired) electrons. The SMILES string of the molecule is C=Cc1ccccc1C(C)c1cccc(-c2ccccc2)c1C(C)c1ccccc1C=C. The summed E-state index contributed by atoms with van der Waals surface area (Å²) in [6, 6.07) is 34.6. The van der Waals surface area contributed by atoms with Crippen LogP contribution in [-0.4, -0.2) is 0 Å². The van der Waals surface area contributed by atoms with Crippen molar-refractivity contribution in [2.24, 2.45) is 0 Å². The van der Waals surface area contributed by atoms with Gasteiger partial charge in [0.2, 0.25) is 0 Å². The maximum atomic E-state index is 4.06. The van der Waals surface area contributed by atoms with Crippen molar-refractivity contribution in [3.8, 4) is 11.1 Å². The Kier molecular flexibility index (Phi) is 6.52. The van der Waals surface area contributed by atoms with Crippen LogP contribution in [0.1, 0.15) is 59.1 Å². The molecule has 0 aliphatic heterocycles. The third kappa shape index (κ3) is 4.09. The molecule has 0 nitrogen and oxygen atoms in total. The normalized spacial score (nSPS) is 12.7. The average Bonchev–Trinajstić information content (AvgIpc) is 2.87. The van der Waals surface area contributed by atoms with Crippen LogP contribution in [0.15, 0.2) is 110 Å². The van der Waals surface area contributed by atoms with Gasteiger partial charge < -0.3 is 0 Å². The Morgan fingerprint density at radius 1 is 0.531 bits per heavy atom. The Hall–Kier alpha value is -3.64. The molecule has 0 aliphatic carbocycles. The molecule has 2 unspecified atom stereocenters. The van der Waals surface area contributed by atoms with Crippen molar-refractivity contribution >= 4 is 12.2 Å². The summed E-state index contributed by atoms with van der Waals surface area (Å²) in [6.07, 6.45) is 3.93. The topological polar surface area (TPSA) is 0 Å². The average molecular weight is 415 g/mol. The quantitative estimate of drug-likeness (QED) is 0.283. The van der Waals surface area contributed by atoms with Crippen LogP contribution in [0.3, 0.4) is 0 Å². The molecule has 0 saturated heterocycles. The summed E-state index contributed by atoms with van der Waals surface area (Å²) in [4.78, 5) is 0. The van der Waals surface area contributed by atoms with Gasteiger partial charge >= 0.3 is 0 Å². The van der Waals surface area contributed by atoms with E-state index in [4.69, 9.17) is 0 Å². The first-order valence-electron chi connectivity index (χ1n) is 11.3. The Balaban J connectivity index is 1.97. The molecule has 0 bridgehead atoms. The zero-order valence-electron chi connectivity index (χ0n) is 19.0. The first-order valence-corrected chi connectivity index (χ1v) is 11.3. The predicted molar refractivity (Wildman–Crippen MR) is 140 cm³/mol. The van der Waals surface area contributed by atoms with Crippen molar-refractivity contribution < 1.29 is 0 Å². The van der Waals surface area contributed by atoms with Gasteiger partial charge in [0.25, 0.3) is 0 Å². The van der Waals surface area contributed by atoms with Gasteiger partial charge in [0.05, 0.1) is 0 Å². The Morgan fingerprint density at radius 2 is 1.03 bits per heavy atom. The van der Waals surface area contributed by atoms with Crippen molar-refractivity contribution in [2.45, 2.75) is 25.7 Å². The summed E-state index contributed by atoms with van der Waals surface area (Å²) >= 11 is 0. The van der Waals surface area contributed by atoms with Gasteiger partial charge in [-0.3, -0.25) is 0 Å². The molecule has 0 heterocycles. The zero-order chi connectivity index (χ0) is 22.5. The van der Waals surface area contributed by atoms with Crippen LogP contribution >= 0.6 is 0 Å². The van der Waals surface area contributed by atoms with Crippen molar-refractivity contribution in [1.29, 1.82) is 0 Å². The van der Waals surface area contributed by atoms with Crippen LogP contribution in [0.2, 0.25) is 0 Å². The monoisotopic (exact) mass is 414 g/mol. The molecule has 32 heavy (non-hydrogen) atoms. The first-order chi connectivity index (χ1) is 15.7. The lowest BCUT2D eigenvalue weighted by molar-refractivity contribution is 0.842. The maximum absolute atomic E-state index is 4.06. The minimum atomic E-state index is 0.217. The van der Waals surface area contributed by atoms with E-state index in [-0.39, 0.29) is 11.8 Å². The summed E-state index contributed by atoms with van der Waals surface area (Å²) in [5.74, 6) is 0.454. The van der Waals surface area contributed by atoms with Crippen LogP contribution in [0.4, 0.5) is 0 Å². The molecule has 0 saturated carbocycles. The van der Waals surface area contributed by atoms with Crippen molar-refractivity contribution in [2.75, 3.05) is 0 Å². The molecule has 2 atom stereocenters. The highest BCUT2D eigenvalue weighted by molar-refractivity contribution is 5.72. The highest BCUT2D eigenvalue weighted by Crippen LogP contribution is 2.41. The van der Waals surface area contributed by atoms with Crippen molar-refractivity contribution in [1.82, 2.24) is 0 Å². The number of hydrogen-bond acceptors (Lipinski definition) is 0. The standard InChI is InChI=1S/C32H30/c1-5-25-15-10-12-19-28(25)23(3)30-21-14-22-31(27-17-8-7-9-18-27)32(30)24(4)29-20-13-11-16-26(29)6-2/h5-24H,1-2H2,3-4H3. The van der Waals surface area contributed by atoms with E-state index in [2.05, 4.69) is 124 Å². The summed E-state index contributed by atoms with van der Waals surface area (Å²) in [6.45, 7) is 12.7. The van der Waals surface area contributed by atoms with Gasteiger partial charge in [0.15, 0.2) is 0 Å². The highest BCUT2D eigenvalue weighted by atomic mass is 14.3. The Morgan fingerprint density at radius 3 is 1.62 bits per heavy atom. The van der Waals surface area contributed by atoms with E-state index < -0.39 is 0 Å². The van der Waals surface area contributed by atoms with Crippen LogP contribution < -0.4 is 0 Å². The summed E-state index contributed by atoms with van der Waals surface area (Å²) in [7, 11) is 0. The fraction of sp³-hybridized carbons (Fsp3) is 0.125. The summed E-state index contributed by atoms with van der Waals surface area (Å²) in [5, 5.41) is 0. The van der Waals surface area contributed by atoms with E-state index in [9.17, 15) is 0 Å². The molecular formula is C32H30. The minimum Gasteiger partial charge on any atom is -0.0985 e. The van der Waals surface area contributed by atoms with E-state index in [1.54, 1.807) is 0 Å². The molecule has 0 fully saturated rings. The Labute approximate surface area is 192 Å². The summed E-state index contributed by atoms with van der Waals surface area (Å²) < 4.78 is 0. The van der Waals surface area contributed by atoms with E-state index in [0.29, 0.717) is 0 Å². The maximum Gasteiger partial charge on any atom is 0.00760 e. The van der Waals surface area contributed by atoms with E-state index in [1.807, 2.05) is 12.2 Å². The van der Waals surface area contributed by atoms with E-state index in [0.717, 1.165) is 0 Å². The smallest absolute Gasteiger partial charge is 0.00760 e. The molecule has 158 valence electrons. The first kappa shape index (κ1) is 21.6. The van der Waals surface area contributed by atoms with Crippen molar-refractivity contribution in [3.63, 3.8) is 0 Å². The predicted octanol–water partition coefficient (Wildman–Crippen LogP) is 8.94. The molecule has 0 aromatic heterocycles. The van der Waals surface area contributed by atoms with Gasteiger partial charge in [-0.25, -0.2) is 0 Å². The second kappa shape index (κ2) is 9.66. The second-order valence-electron chi connectivity index (χ2n) is 8.28. The molecule has 4 rings (SSSR count). The highest BCUT2D eigenvalue weighted by Gasteiger charge is 2.23. The van der Waals surface area contributed by atoms with Gasteiger partial charge in [-0.1, -0.05) is 136 Å². The molecule has 4 aromatic rings. The van der Waals surface area contributed by atoms with Crippen molar-refractivity contribution in [3.05, 3.63) is 144 Å². The number of hydrogen-bond donors (Lipinski definition) is 0. The van der Waals surface area contributed by atoms with Crippen LogP contribution in [-0.2, 0) is 0 Å². The molecule has 0 amide bonds. The van der Waals surface area contributed by atoms with Gasteiger partial charge in [0.1, 0.15) is 0 Å². The molecule has 0 aliphatic rings. The van der Waals surface area contributed by atoms with Crippen LogP contribution in [0, 0.1) is 0 Å². The van der Waals surface area contributed by atoms with Gasteiger partial charge in [-0.15, -0.1) is 0 Å². The lowest BCUT2D eigenvalue weighted by Crippen LogP contribution is -2.09. The van der Waals surface area contributed by atoms with Gasteiger partial charge in [-0.05, 0) is 44.5 Å². The third-order valence-electron chi connectivity index (χ3n) is 6.49. The van der Waals surface area contributed by atoms with E-state index in [1.165, 1.54) is 44.5 Å². The largest absolute Gasteiger partial charge is 0.0985 e. The third-order valence-corrected chi connectivity index (χ3v) is 6.49. The fourth-order valence-corrected chi connectivity index (χ4v) is 4.82. The lowest BCUT2D eigenvalue weighted by Gasteiger charge is -2.26.